The van der Waals surface area contributed by atoms with E-state index in [-0.39, 0.29) is 5.41 Å². The van der Waals surface area contributed by atoms with E-state index in [2.05, 4.69) is 56.6 Å². The third kappa shape index (κ3) is 2.12. The van der Waals surface area contributed by atoms with Crippen molar-refractivity contribution in [3.05, 3.63) is 33.4 Å². The molecule has 0 saturated heterocycles. The molecule has 3 heteroatoms. The Morgan fingerprint density at radius 3 is 2.33 bits per heavy atom. The number of nitrogens with two attached hydrogens (primary N) is 1. The van der Waals surface area contributed by atoms with Gasteiger partial charge in [-0.05, 0) is 37.1 Å². The molecule has 0 atom stereocenters. The van der Waals surface area contributed by atoms with Gasteiger partial charge in [-0.3, -0.25) is 4.98 Å². The molecule has 0 aliphatic heterocycles. The van der Waals surface area contributed by atoms with Crippen LogP contribution in [0.3, 0.4) is 0 Å². The summed E-state index contributed by atoms with van der Waals surface area (Å²) in [7, 11) is 0. The number of halogens is 1. The van der Waals surface area contributed by atoms with Gasteiger partial charge in [0.05, 0.1) is 5.52 Å². The van der Waals surface area contributed by atoms with Crippen LogP contribution in [0.25, 0.3) is 10.9 Å². The summed E-state index contributed by atoms with van der Waals surface area (Å²) >= 11 is 3.61. The SMILES string of the molecule is Cc1cc2nc(C(C)(C)C)cc(N)c2c(C)c1Br. The largest absolute Gasteiger partial charge is 0.398 e. The van der Waals surface area contributed by atoms with Crippen molar-refractivity contribution in [1.82, 2.24) is 4.98 Å². The number of nitrogen functional groups attached to an aromatic ring is 1. The smallest absolute Gasteiger partial charge is 0.0732 e. The average molecular weight is 307 g/mol. The van der Waals surface area contributed by atoms with Crippen LogP contribution in [0.2, 0.25) is 0 Å². The number of benzene rings is 1. The number of rotatable bonds is 0. The average Bonchev–Trinajstić information content (AvgIpc) is 2.23. The fraction of sp³-hybridized carbons (Fsp3) is 0.400. The zero-order valence-electron chi connectivity index (χ0n) is 11.6. The molecule has 96 valence electrons. The van der Waals surface area contributed by atoms with E-state index in [9.17, 15) is 0 Å². The predicted molar refractivity (Wildman–Crippen MR) is 82.0 cm³/mol. The fourth-order valence-electron chi connectivity index (χ4n) is 2.16. The van der Waals surface area contributed by atoms with Gasteiger partial charge in [0.1, 0.15) is 0 Å². The molecule has 0 amide bonds. The van der Waals surface area contributed by atoms with E-state index in [0.29, 0.717) is 0 Å². The van der Waals surface area contributed by atoms with Crippen molar-refractivity contribution in [2.45, 2.75) is 40.0 Å². The molecule has 1 aromatic carbocycles. The van der Waals surface area contributed by atoms with Gasteiger partial charge in [0.15, 0.2) is 0 Å². The summed E-state index contributed by atoms with van der Waals surface area (Å²) in [6, 6.07) is 4.09. The molecule has 1 heterocycles. The van der Waals surface area contributed by atoms with Crippen LogP contribution >= 0.6 is 15.9 Å². The van der Waals surface area contributed by atoms with Gasteiger partial charge in [0.2, 0.25) is 0 Å². The van der Waals surface area contributed by atoms with Gasteiger partial charge in [-0.25, -0.2) is 0 Å². The second kappa shape index (κ2) is 4.23. The Morgan fingerprint density at radius 2 is 1.78 bits per heavy atom. The first-order chi connectivity index (χ1) is 8.21. The summed E-state index contributed by atoms with van der Waals surface area (Å²) in [5.74, 6) is 0. The standard InChI is InChI=1S/C15H19BrN2/c1-8-6-11-13(9(2)14(8)16)10(17)7-12(18-11)15(3,4)5/h6-7H,1-5H3,(H2,17,18). The van der Waals surface area contributed by atoms with Crippen LogP contribution in [0.5, 0.6) is 0 Å². The normalized spacial score (nSPS) is 12.1. The molecule has 0 bridgehead atoms. The van der Waals surface area contributed by atoms with Crippen LogP contribution in [-0.4, -0.2) is 4.98 Å². The number of aryl methyl sites for hydroxylation is 2. The van der Waals surface area contributed by atoms with Gasteiger partial charge in [-0.1, -0.05) is 36.7 Å². The number of nitrogens with zero attached hydrogens (tertiary/aromatic N) is 1. The molecular formula is C15H19BrN2. The summed E-state index contributed by atoms with van der Waals surface area (Å²) < 4.78 is 1.12. The molecule has 2 aromatic rings. The molecule has 0 aliphatic rings. The summed E-state index contributed by atoms with van der Waals surface area (Å²) in [4.78, 5) is 4.77. The van der Waals surface area contributed by atoms with E-state index in [0.717, 1.165) is 32.3 Å². The highest BCUT2D eigenvalue weighted by Gasteiger charge is 2.18. The lowest BCUT2D eigenvalue weighted by molar-refractivity contribution is 0.572. The lowest BCUT2D eigenvalue weighted by Gasteiger charge is -2.20. The zero-order chi connectivity index (χ0) is 13.7. The van der Waals surface area contributed by atoms with Gasteiger partial charge in [-0.2, -0.15) is 0 Å². The quantitative estimate of drug-likeness (QED) is 0.778. The van der Waals surface area contributed by atoms with E-state index in [1.165, 1.54) is 5.56 Å². The van der Waals surface area contributed by atoms with Crippen molar-refractivity contribution in [3.8, 4) is 0 Å². The van der Waals surface area contributed by atoms with Gasteiger partial charge in [0, 0.05) is 26.7 Å². The van der Waals surface area contributed by atoms with Gasteiger partial charge in [0.25, 0.3) is 0 Å². The molecule has 0 spiro atoms. The molecule has 0 radical (unpaired) electrons. The van der Waals surface area contributed by atoms with Gasteiger partial charge in [-0.15, -0.1) is 0 Å². The molecule has 2 nitrogen and oxygen atoms in total. The highest BCUT2D eigenvalue weighted by Crippen LogP contribution is 2.34. The van der Waals surface area contributed by atoms with E-state index >= 15 is 0 Å². The summed E-state index contributed by atoms with van der Waals surface area (Å²) in [6.45, 7) is 10.6. The highest BCUT2D eigenvalue weighted by atomic mass is 79.9. The predicted octanol–water partition coefficient (Wildman–Crippen LogP) is 4.49. The third-order valence-corrected chi connectivity index (χ3v) is 4.47. The Kier molecular flexibility index (Phi) is 3.14. The van der Waals surface area contributed by atoms with Crippen molar-refractivity contribution in [3.63, 3.8) is 0 Å². The lowest BCUT2D eigenvalue weighted by atomic mass is 9.90. The molecule has 0 saturated carbocycles. The van der Waals surface area contributed by atoms with Gasteiger partial charge >= 0.3 is 0 Å². The van der Waals surface area contributed by atoms with E-state index in [4.69, 9.17) is 10.7 Å². The molecule has 0 fully saturated rings. The summed E-state index contributed by atoms with van der Waals surface area (Å²) in [5, 5.41) is 1.06. The minimum atomic E-state index is 0.0111. The second-order valence-electron chi connectivity index (χ2n) is 5.87. The Hall–Kier alpha value is -1.09. The topological polar surface area (TPSA) is 38.9 Å². The minimum Gasteiger partial charge on any atom is -0.398 e. The number of pyridine rings is 1. The maximum Gasteiger partial charge on any atom is 0.0732 e. The van der Waals surface area contributed by atoms with Crippen molar-refractivity contribution >= 4 is 32.5 Å². The number of anilines is 1. The molecular weight excluding hydrogens is 288 g/mol. The zero-order valence-corrected chi connectivity index (χ0v) is 13.1. The first-order valence-corrected chi connectivity index (χ1v) is 6.87. The number of fused-ring (bicyclic) bond motifs is 1. The van der Waals surface area contributed by atoms with Crippen LogP contribution in [0.4, 0.5) is 5.69 Å². The Balaban J connectivity index is 2.87. The number of aromatic nitrogens is 1. The van der Waals surface area contributed by atoms with Crippen LogP contribution in [0.1, 0.15) is 37.6 Å². The number of hydrogen-bond donors (Lipinski definition) is 1. The Bertz CT molecular complexity index is 625. The summed E-state index contributed by atoms with van der Waals surface area (Å²) in [5.41, 5.74) is 11.4. The molecule has 1 aromatic heterocycles. The molecule has 18 heavy (non-hydrogen) atoms. The Labute approximate surface area is 117 Å². The first-order valence-electron chi connectivity index (χ1n) is 6.08. The van der Waals surface area contributed by atoms with E-state index in [1.807, 2.05) is 6.07 Å². The maximum atomic E-state index is 6.21. The molecule has 0 aliphatic carbocycles. The molecule has 2 rings (SSSR count). The monoisotopic (exact) mass is 306 g/mol. The van der Waals surface area contributed by atoms with Crippen molar-refractivity contribution < 1.29 is 0 Å². The molecule has 2 N–H and O–H groups in total. The van der Waals surface area contributed by atoms with Crippen molar-refractivity contribution in [1.29, 1.82) is 0 Å². The van der Waals surface area contributed by atoms with Crippen molar-refractivity contribution in [2.24, 2.45) is 0 Å². The second-order valence-corrected chi connectivity index (χ2v) is 6.67. The Morgan fingerprint density at radius 1 is 1.17 bits per heavy atom. The fourth-order valence-corrected chi connectivity index (χ4v) is 2.47. The highest BCUT2D eigenvalue weighted by molar-refractivity contribution is 9.10. The van der Waals surface area contributed by atoms with Crippen LogP contribution in [0.15, 0.2) is 16.6 Å². The van der Waals surface area contributed by atoms with Crippen LogP contribution < -0.4 is 5.73 Å². The third-order valence-electron chi connectivity index (χ3n) is 3.25. The van der Waals surface area contributed by atoms with Crippen molar-refractivity contribution in [2.75, 3.05) is 5.73 Å². The maximum absolute atomic E-state index is 6.21. The minimum absolute atomic E-state index is 0.0111. The summed E-state index contributed by atoms with van der Waals surface area (Å²) in [6.07, 6.45) is 0. The van der Waals surface area contributed by atoms with E-state index < -0.39 is 0 Å². The van der Waals surface area contributed by atoms with Crippen LogP contribution in [-0.2, 0) is 5.41 Å². The van der Waals surface area contributed by atoms with Crippen LogP contribution in [0, 0.1) is 13.8 Å². The lowest BCUT2D eigenvalue weighted by Crippen LogP contribution is -2.14. The van der Waals surface area contributed by atoms with Gasteiger partial charge < -0.3 is 5.73 Å². The first kappa shape index (κ1) is 13.3. The molecule has 0 unspecified atom stereocenters. The van der Waals surface area contributed by atoms with E-state index in [1.54, 1.807) is 0 Å². The number of hydrogen-bond acceptors (Lipinski definition) is 2.